The third kappa shape index (κ3) is 8.41. The highest BCUT2D eigenvalue weighted by atomic mass is 32.1. The van der Waals surface area contributed by atoms with E-state index in [0.717, 1.165) is 0 Å². The molecule has 0 aliphatic carbocycles. The maximum Gasteiger partial charge on any atom is 0.327 e. The van der Waals surface area contributed by atoms with E-state index in [0.29, 0.717) is 6.42 Å². The number of thiol groups is 1. The van der Waals surface area contributed by atoms with Crippen molar-refractivity contribution in [3.05, 3.63) is 0 Å². The van der Waals surface area contributed by atoms with E-state index in [1.54, 1.807) is 0 Å². The smallest absolute Gasteiger partial charge is 0.327 e. The molecule has 6 N–H and O–H groups in total. The second-order valence-corrected chi connectivity index (χ2v) is 5.84. The normalized spacial score (nSPS) is 14.7. The zero-order valence-electron chi connectivity index (χ0n) is 13.0. The predicted molar refractivity (Wildman–Crippen MR) is 85.0 cm³/mol. The van der Waals surface area contributed by atoms with E-state index in [9.17, 15) is 19.2 Å². The number of amides is 2. The van der Waals surface area contributed by atoms with Crippen LogP contribution in [-0.4, -0.2) is 57.8 Å². The molecule has 0 saturated carbocycles. The summed E-state index contributed by atoms with van der Waals surface area (Å²) in [5, 5.41) is 22.1. The highest BCUT2D eigenvalue weighted by Gasteiger charge is 2.29. The molecule has 0 bridgehead atoms. The van der Waals surface area contributed by atoms with Crippen molar-refractivity contribution >= 4 is 36.4 Å². The van der Waals surface area contributed by atoms with E-state index >= 15 is 0 Å². The van der Waals surface area contributed by atoms with E-state index in [-0.39, 0.29) is 11.7 Å². The second kappa shape index (κ2) is 10.1. The van der Waals surface area contributed by atoms with Crippen LogP contribution in [0.15, 0.2) is 0 Å². The van der Waals surface area contributed by atoms with Crippen molar-refractivity contribution in [2.75, 3.05) is 5.75 Å². The molecule has 0 saturated heterocycles. The molecular weight excluding hydrogens is 326 g/mol. The van der Waals surface area contributed by atoms with Gasteiger partial charge in [0.2, 0.25) is 11.8 Å². The Balaban J connectivity index is 4.93. The molecule has 0 aliphatic rings. The zero-order valence-corrected chi connectivity index (χ0v) is 13.9. The SMILES string of the molecule is CC(C)C[C@H](N)C(=O)N[C@@H](CC(=O)O)C(=O)N[C@@H](CS)C(=O)O. The summed E-state index contributed by atoms with van der Waals surface area (Å²) in [6.07, 6.45) is -0.327. The quantitative estimate of drug-likeness (QED) is 0.271. The molecule has 0 heterocycles. The Bertz CT molecular complexity index is 457. The summed E-state index contributed by atoms with van der Waals surface area (Å²) in [5.74, 6) is -4.26. The van der Waals surface area contributed by atoms with E-state index in [1.807, 2.05) is 13.8 Å². The van der Waals surface area contributed by atoms with Gasteiger partial charge in [0, 0.05) is 5.75 Å². The van der Waals surface area contributed by atoms with Crippen molar-refractivity contribution < 1.29 is 29.4 Å². The molecule has 0 unspecified atom stereocenters. The molecule has 132 valence electrons. The minimum atomic E-state index is -1.42. The Kier molecular flexibility index (Phi) is 9.27. The minimum Gasteiger partial charge on any atom is -0.481 e. The lowest BCUT2D eigenvalue weighted by molar-refractivity contribution is -0.143. The molecule has 0 spiro atoms. The van der Waals surface area contributed by atoms with Crippen LogP contribution >= 0.6 is 12.6 Å². The van der Waals surface area contributed by atoms with Gasteiger partial charge in [0.1, 0.15) is 12.1 Å². The summed E-state index contributed by atoms with van der Waals surface area (Å²) >= 11 is 3.79. The molecule has 0 rings (SSSR count). The summed E-state index contributed by atoms with van der Waals surface area (Å²) in [6.45, 7) is 3.72. The Labute approximate surface area is 139 Å². The average molecular weight is 349 g/mol. The van der Waals surface area contributed by atoms with Crippen LogP contribution in [0.3, 0.4) is 0 Å². The first kappa shape index (κ1) is 21.2. The Morgan fingerprint density at radius 1 is 1.04 bits per heavy atom. The van der Waals surface area contributed by atoms with Crippen LogP contribution in [0.1, 0.15) is 26.7 Å². The van der Waals surface area contributed by atoms with Crippen molar-refractivity contribution in [3.63, 3.8) is 0 Å². The van der Waals surface area contributed by atoms with E-state index in [1.165, 1.54) is 0 Å². The van der Waals surface area contributed by atoms with Gasteiger partial charge >= 0.3 is 11.9 Å². The van der Waals surface area contributed by atoms with Crippen molar-refractivity contribution in [1.82, 2.24) is 10.6 Å². The zero-order chi connectivity index (χ0) is 18.2. The lowest BCUT2D eigenvalue weighted by Crippen LogP contribution is -2.55. The fourth-order valence-corrected chi connectivity index (χ4v) is 1.98. The summed E-state index contributed by atoms with van der Waals surface area (Å²) < 4.78 is 0. The number of carbonyl (C=O) groups is 4. The van der Waals surface area contributed by atoms with Crippen molar-refractivity contribution in [1.29, 1.82) is 0 Å². The van der Waals surface area contributed by atoms with Gasteiger partial charge in [0.15, 0.2) is 0 Å². The van der Waals surface area contributed by atoms with Gasteiger partial charge in [-0.15, -0.1) is 0 Å². The predicted octanol–water partition coefficient (Wildman–Crippen LogP) is -1.18. The third-order valence-corrected chi connectivity index (χ3v) is 3.24. The van der Waals surface area contributed by atoms with Gasteiger partial charge in [0.05, 0.1) is 12.5 Å². The molecule has 10 heteroatoms. The van der Waals surface area contributed by atoms with Crippen molar-refractivity contribution in [3.8, 4) is 0 Å². The lowest BCUT2D eigenvalue weighted by atomic mass is 10.0. The van der Waals surface area contributed by atoms with Gasteiger partial charge in [-0.1, -0.05) is 13.8 Å². The van der Waals surface area contributed by atoms with Crippen LogP contribution in [0.5, 0.6) is 0 Å². The minimum absolute atomic E-state index is 0.142. The highest BCUT2D eigenvalue weighted by molar-refractivity contribution is 7.80. The van der Waals surface area contributed by atoms with E-state index in [4.69, 9.17) is 15.9 Å². The molecular formula is C13H23N3O6S. The largest absolute Gasteiger partial charge is 0.481 e. The second-order valence-electron chi connectivity index (χ2n) is 5.48. The number of carboxylic acids is 2. The van der Waals surface area contributed by atoms with Gasteiger partial charge < -0.3 is 26.6 Å². The van der Waals surface area contributed by atoms with E-state index in [2.05, 4.69) is 23.3 Å². The number of aliphatic carboxylic acids is 2. The Hall–Kier alpha value is -1.81. The van der Waals surface area contributed by atoms with Crippen molar-refractivity contribution in [2.45, 2.75) is 44.8 Å². The fourth-order valence-electron chi connectivity index (χ4n) is 1.74. The number of nitrogens with one attached hydrogen (secondary N) is 2. The fraction of sp³-hybridized carbons (Fsp3) is 0.692. The van der Waals surface area contributed by atoms with Gasteiger partial charge in [-0.25, -0.2) is 4.79 Å². The third-order valence-electron chi connectivity index (χ3n) is 2.87. The Morgan fingerprint density at radius 2 is 1.57 bits per heavy atom. The van der Waals surface area contributed by atoms with Crippen LogP contribution < -0.4 is 16.4 Å². The molecule has 0 aromatic carbocycles. The molecule has 0 aromatic rings. The summed E-state index contributed by atoms with van der Waals surface area (Å²) in [7, 11) is 0. The summed E-state index contributed by atoms with van der Waals surface area (Å²) in [5.41, 5.74) is 5.68. The topological polar surface area (TPSA) is 159 Å². The van der Waals surface area contributed by atoms with Gasteiger partial charge in [-0.05, 0) is 12.3 Å². The molecule has 0 aliphatic heterocycles. The first-order valence-electron chi connectivity index (χ1n) is 7.00. The number of rotatable bonds is 10. The number of hydrogen-bond acceptors (Lipinski definition) is 6. The molecule has 9 nitrogen and oxygen atoms in total. The molecule has 23 heavy (non-hydrogen) atoms. The summed E-state index contributed by atoms with van der Waals surface area (Å²) in [4.78, 5) is 45.6. The van der Waals surface area contributed by atoms with Crippen molar-refractivity contribution in [2.24, 2.45) is 11.7 Å². The molecule has 2 amide bonds. The monoisotopic (exact) mass is 349 g/mol. The van der Waals surface area contributed by atoms with Crippen LogP contribution in [0.25, 0.3) is 0 Å². The molecule has 3 atom stereocenters. The molecule has 0 radical (unpaired) electrons. The standard InChI is InChI=1S/C13H23N3O6S/c1-6(2)3-7(14)11(19)15-8(4-10(17)18)12(20)16-9(5-23)13(21)22/h6-9,23H,3-5,14H2,1-2H3,(H,15,19)(H,16,20)(H,17,18)(H,21,22)/t7-,8-,9-/m0/s1. The first-order valence-corrected chi connectivity index (χ1v) is 7.63. The lowest BCUT2D eigenvalue weighted by Gasteiger charge is -2.21. The van der Waals surface area contributed by atoms with Crippen LogP contribution in [-0.2, 0) is 19.2 Å². The number of carbonyl (C=O) groups excluding carboxylic acids is 2. The highest BCUT2D eigenvalue weighted by Crippen LogP contribution is 2.04. The van der Waals surface area contributed by atoms with Gasteiger partial charge in [-0.3, -0.25) is 14.4 Å². The number of hydrogen-bond donors (Lipinski definition) is 6. The van der Waals surface area contributed by atoms with Crippen LogP contribution in [0.2, 0.25) is 0 Å². The number of nitrogens with two attached hydrogens (primary N) is 1. The maximum atomic E-state index is 12.0. The number of carboxylic acid groups (broad SMARTS) is 2. The van der Waals surface area contributed by atoms with Crippen LogP contribution in [0, 0.1) is 5.92 Å². The maximum absolute atomic E-state index is 12.0. The first-order chi connectivity index (χ1) is 10.6. The average Bonchev–Trinajstić information content (AvgIpc) is 2.41. The Morgan fingerprint density at radius 3 is 1.96 bits per heavy atom. The van der Waals surface area contributed by atoms with Gasteiger partial charge in [-0.2, -0.15) is 12.6 Å². The van der Waals surface area contributed by atoms with E-state index < -0.39 is 48.3 Å². The molecule has 0 aromatic heterocycles. The molecule has 0 fully saturated rings. The van der Waals surface area contributed by atoms with Crippen LogP contribution in [0.4, 0.5) is 0 Å². The van der Waals surface area contributed by atoms with Gasteiger partial charge in [0.25, 0.3) is 0 Å². The summed E-state index contributed by atoms with van der Waals surface area (Å²) in [6, 6.07) is -3.59.